The minimum atomic E-state index is 0.514. The minimum Gasteiger partial charge on any atom is -0.444 e. The van der Waals surface area contributed by atoms with E-state index in [2.05, 4.69) is 75.5 Å². The van der Waals surface area contributed by atoms with Crippen LogP contribution in [0.1, 0.15) is 33.8 Å². The van der Waals surface area contributed by atoms with Gasteiger partial charge in [0.2, 0.25) is 5.89 Å². The highest BCUT2D eigenvalue weighted by atomic mass is 16.3. The van der Waals surface area contributed by atoms with E-state index in [1.165, 1.54) is 16.7 Å². The van der Waals surface area contributed by atoms with E-state index < -0.39 is 0 Å². The lowest BCUT2D eigenvalue weighted by atomic mass is 10.1. The van der Waals surface area contributed by atoms with Crippen LogP contribution in [0.4, 0.5) is 0 Å². The maximum atomic E-state index is 5.65. The molecule has 0 aliphatic carbocycles. The molecule has 170 valence electrons. The van der Waals surface area contributed by atoms with Crippen LogP contribution in [-0.4, -0.2) is 27.8 Å². The number of hydrogen-bond donors (Lipinski definition) is 2. The Morgan fingerprint density at radius 1 is 0.970 bits per heavy atom. The highest BCUT2D eigenvalue weighted by Gasteiger charge is 2.13. The van der Waals surface area contributed by atoms with Crippen molar-refractivity contribution in [3.63, 3.8) is 0 Å². The molecule has 7 nitrogen and oxygen atoms in total. The van der Waals surface area contributed by atoms with Crippen molar-refractivity contribution in [2.24, 2.45) is 4.99 Å². The standard InChI is InChI=1S/C26H30N6O/c1-18-10-12-22(13-11-18)25-30-23(17-33-25)14-28-26(27-4)29-15-24-19(2)31-32(20(24)3)16-21-8-6-5-7-9-21/h5-13,17H,14-16H2,1-4H3,(H2,27,28,29). The van der Waals surface area contributed by atoms with Gasteiger partial charge in [-0.1, -0.05) is 48.0 Å². The lowest BCUT2D eigenvalue weighted by Gasteiger charge is -2.11. The number of nitrogens with zero attached hydrogens (tertiary/aromatic N) is 4. The number of rotatable bonds is 7. The van der Waals surface area contributed by atoms with Crippen molar-refractivity contribution in [3.8, 4) is 11.5 Å². The van der Waals surface area contributed by atoms with E-state index in [4.69, 9.17) is 9.52 Å². The summed E-state index contributed by atoms with van der Waals surface area (Å²) in [5, 5.41) is 11.4. The van der Waals surface area contributed by atoms with Crippen LogP contribution >= 0.6 is 0 Å². The highest BCUT2D eigenvalue weighted by Crippen LogP contribution is 2.19. The molecule has 4 rings (SSSR count). The minimum absolute atomic E-state index is 0.514. The topological polar surface area (TPSA) is 80.3 Å². The second-order valence-corrected chi connectivity index (χ2v) is 8.08. The fourth-order valence-corrected chi connectivity index (χ4v) is 3.68. The summed E-state index contributed by atoms with van der Waals surface area (Å²) >= 11 is 0. The SMILES string of the molecule is CN=C(NCc1coc(-c2ccc(C)cc2)n1)NCc1c(C)nn(Cc2ccccc2)c1C. The molecule has 0 radical (unpaired) electrons. The molecule has 33 heavy (non-hydrogen) atoms. The van der Waals surface area contributed by atoms with Crippen molar-refractivity contribution in [1.29, 1.82) is 0 Å². The smallest absolute Gasteiger partial charge is 0.226 e. The van der Waals surface area contributed by atoms with Gasteiger partial charge in [0.25, 0.3) is 0 Å². The predicted octanol–water partition coefficient (Wildman–Crippen LogP) is 4.38. The number of guanidine groups is 1. The molecule has 0 spiro atoms. The van der Waals surface area contributed by atoms with E-state index in [9.17, 15) is 0 Å². The Bertz CT molecular complexity index is 1220. The highest BCUT2D eigenvalue weighted by molar-refractivity contribution is 5.79. The van der Waals surface area contributed by atoms with E-state index in [1.54, 1.807) is 13.3 Å². The average Bonchev–Trinajstić information content (AvgIpc) is 3.40. The lowest BCUT2D eigenvalue weighted by molar-refractivity contribution is 0.572. The molecule has 0 unspecified atom stereocenters. The third kappa shape index (κ3) is 5.49. The van der Waals surface area contributed by atoms with Gasteiger partial charge >= 0.3 is 0 Å². The third-order valence-electron chi connectivity index (χ3n) is 5.65. The lowest BCUT2D eigenvalue weighted by Crippen LogP contribution is -2.36. The molecule has 7 heteroatoms. The van der Waals surface area contributed by atoms with Crippen LogP contribution in [0.25, 0.3) is 11.5 Å². The zero-order chi connectivity index (χ0) is 23.2. The molecule has 0 fully saturated rings. The molecule has 0 saturated carbocycles. The molecule has 2 aromatic heterocycles. The first-order valence-corrected chi connectivity index (χ1v) is 11.1. The maximum absolute atomic E-state index is 5.65. The van der Waals surface area contributed by atoms with Crippen molar-refractivity contribution in [2.45, 2.75) is 40.4 Å². The molecule has 2 aromatic carbocycles. The van der Waals surface area contributed by atoms with Crippen LogP contribution in [0.5, 0.6) is 0 Å². The Hall–Kier alpha value is -3.87. The summed E-state index contributed by atoms with van der Waals surface area (Å²) < 4.78 is 7.70. The molecular formula is C26H30N6O. The number of oxazole rings is 1. The summed E-state index contributed by atoms with van der Waals surface area (Å²) in [6.45, 7) is 8.13. The van der Waals surface area contributed by atoms with Gasteiger partial charge in [-0.2, -0.15) is 5.10 Å². The second kappa shape index (κ2) is 10.2. The number of aromatic nitrogens is 3. The number of aryl methyl sites for hydroxylation is 2. The predicted molar refractivity (Wildman–Crippen MR) is 131 cm³/mol. The zero-order valence-corrected chi connectivity index (χ0v) is 19.6. The number of hydrogen-bond acceptors (Lipinski definition) is 4. The van der Waals surface area contributed by atoms with Crippen LogP contribution in [0.3, 0.4) is 0 Å². The van der Waals surface area contributed by atoms with Gasteiger partial charge in [-0.25, -0.2) is 4.98 Å². The van der Waals surface area contributed by atoms with Crippen LogP contribution < -0.4 is 10.6 Å². The van der Waals surface area contributed by atoms with Gasteiger partial charge in [0.1, 0.15) is 6.26 Å². The largest absolute Gasteiger partial charge is 0.444 e. The van der Waals surface area contributed by atoms with Gasteiger partial charge in [0.05, 0.1) is 24.5 Å². The fourth-order valence-electron chi connectivity index (χ4n) is 3.68. The molecule has 0 amide bonds. The first kappa shape index (κ1) is 22.3. The van der Waals surface area contributed by atoms with Crippen molar-refractivity contribution in [2.75, 3.05) is 7.05 Å². The van der Waals surface area contributed by atoms with Gasteiger partial charge in [-0.15, -0.1) is 0 Å². The molecule has 0 bridgehead atoms. The number of aliphatic imine (C=N–C) groups is 1. The Balaban J connectivity index is 1.34. The molecule has 0 saturated heterocycles. The molecular weight excluding hydrogens is 412 g/mol. The zero-order valence-electron chi connectivity index (χ0n) is 19.6. The first-order valence-electron chi connectivity index (χ1n) is 11.1. The van der Waals surface area contributed by atoms with Crippen LogP contribution in [-0.2, 0) is 19.6 Å². The van der Waals surface area contributed by atoms with E-state index in [1.807, 2.05) is 25.1 Å². The molecule has 4 aromatic rings. The van der Waals surface area contributed by atoms with Crippen LogP contribution in [0.15, 0.2) is 70.3 Å². The number of nitrogens with one attached hydrogen (secondary N) is 2. The van der Waals surface area contributed by atoms with E-state index in [0.29, 0.717) is 24.9 Å². The molecule has 0 aliphatic heterocycles. The summed E-state index contributed by atoms with van der Waals surface area (Å²) in [7, 11) is 1.76. The van der Waals surface area contributed by atoms with E-state index in [-0.39, 0.29) is 0 Å². The molecule has 2 heterocycles. The monoisotopic (exact) mass is 442 g/mol. The van der Waals surface area contributed by atoms with E-state index >= 15 is 0 Å². The number of benzene rings is 2. The van der Waals surface area contributed by atoms with Gasteiger partial charge in [0, 0.05) is 30.4 Å². The summed E-state index contributed by atoms with van der Waals surface area (Å²) in [4.78, 5) is 8.92. The summed E-state index contributed by atoms with van der Waals surface area (Å²) in [6.07, 6.45) is 1.68. The van der Waals surface area contributed by atoms with E-state index in [0.717, 1.165) is 29.2 Å². The van der Waals surface area contributed by atoms with Crippen LogP contribution in [0, 0.1) is 20.8 Å². The van der Waals surface area contributed by atoms with Gasteiger partial charge < -0.3 is 15.1 Å². The summed E-state index contributed by atoms with van der Waals surface area (Å²) in [5.41, 5.74) is 7.57. The Kier molecular flexibility index (Phi) is 6.88. The summed E-state index contributed by atoms with van der Waals surface area (Å²) in [5.74, 6) is 1.32. The van der Waals surface area contributed by atoms with Crippen molar-refractivity contribution in [3.05, 3.63) is 94.6 Å². The average molecular weight is 443 g/mol. The fraction of sp³-hybridized carbons (Fsp3) is 0.269. The third-order valence-corrected chi connectivity index (χ3v) is 5.65. The molecule has 0 atom stereocenters. The quantitative estimate of drug-likeness (QED) is 0.328. The van der Waals surface area contributed by atoms with Gasteiger partial charge in [-0.3, -0.25) is 9.67 Å². The van der Waals surface area contributed by atoms with Crippen molar-refractivity contribution >= 4 is 5.96 Å². The Morgan fingerprint density at radius 2 is 1.70 bits per heavy atom. The van der Waals surface area contributed by atoms with Gasteiger partial charge in [-0.05, 0) is 38.5 Å². The normalized spacial score (nSPS) is 11.6. The first-order chi connectivity index (χ1) is 16.0. The second-order valence-electron chi connectivity index (χ2n) is 8.08. The molecule has 2 N–H and O–H groups in total. The summed E-state index contributed by atoms with van der Waals surface area (Å²) in [6, 6.07) is 18.5. The van der Waals surface area contributed by atoms with Crippen molar-refractivity contribution in [1.82, 2.24) is 25.4 Å². The van der Waals surface area contributed by atoms with Gasteiger partial charge in [0.15, 0.2) is 5.96 Å². The molecule has 0 aliphatic rings. The Labute approximate surface area is 194 Å². The van der Waals surface area contributed by atoms with Crippen molar-refractivity contribution < 1.29 is 4.42 Å². The maximum Gasteiger partial charge on any atom is 0.226 e. The van der Waals surface area contributed by atoms with Crippen LogP contribution in [0.2, 0.25) is 0 Å². The Morgan fingerprint density at radius 3 is 2.42 bits per heavy atom.